The Morgan fingerprint density at radius 2 is 1.76 bits per heavy atom. The van der Waals surface area contributed by atoms with Crippen molar-refractivity contribution in [1.82, 2.24) is 4.57 Å². The number of aromatic nitrogens is 1. The van der Waals surface area contributed by atoms with Gasteiger partial charge in [0, 0.05) is 49.4 Å². The van der Waals surface area contributed by atoms with Crippen LogP contribution in [0.25, 0.3) is 10.9 Å². The van der Waals surface area contributed by atoms with E-state index in [1.165, 1.54) is 21.6 Å². The van der Waals surface area contributed by atoms with Crippen LogP contribution in [0.3, 0.4) is 0 Å². The molecule has 0 fully saturated rings. The molecule has 0 saturated carbocycles. The lowest BCUT2D eigenvalue weighted by Gasteiger charge is -2.22. The molecule has 0 atom stereocenters. The highest BCUT2D eigenvalue weighted by Gasteiger charge is 2.32. The van der Waals surface area contributed by atoms with Crippen molar-refractivity contribution in [1.29, 1.82) is 0 Å². The molecule has 0 bridgehead atoms. The van der Waals surface area contributed by atoms with Crippen LogP contribution < -0.4 is 0 Å². The van der Waals surface area contributed by atoms with Gasteiger partial charge in [0.2, 0.25) is 0 Å². The van der Waals surface area contributed by atoms with Gasteiger partial charge in [-0.2, -0.15) is 0 Å². The number of nitrogens with zero attached hydrogens (tertiary/aromatic N) is 1. The van der Waals surface area contributed by atoms with Crippen molar-refractivity contribution in [2.45, 2.75) is 70.2 Å². The summed E-state index contributed by atoms with van der Waals surface area (Å²) in [5.41, 5.74) is 5.70. The third kappa shape index (κ3) is 5.87. The maximum Gasteiger partial charge on any atom is 0.309 e. The van der Waals surface area contributed by atoms with Crippen LogP contribution in [0, 0.1) is 19.3 Å². The molecule has 4 rings (SSSR count). The lowest BCUT2D eigenvalue weighted by molar-refractivity contribution is -0.146. The van der Waals surface area contributed by atoms with Gasteiger partial charge in [0.15, 0.2) is 0 Å². The molecule has 0 aliphatic rings. The van der Waals surface area contributed by atoms with Crippen molar-refractivity contribution in [2.75, 3.05) is 0 Å². The molecule has 0 aliphatic carbocycles. The second kappa shape index (κ2) is 10.8. The molecular formula is C31H33Cl2NO2S. The standard InChI is InChI=1S/C31H33Cl2NO2S/c1-18(2)21-10-12-26-24(14-21)29(37-28-13-19(3)7-8-20(28)4)27(16-31(5,6)30(35)36)34(26)17-22-9-11-23(32)15-25(22)33/h7-15,18H,16-17H2,1-6H3,(H,35,36). The van der Waals surface area contributed by atoms with Crippen molar-refractivity contribution in [2.24, 2.45) is 5.41 Å². The summed E-state index contributed by atoms with van der Waals surface area (Å²) in [6, 6.07) is 18.6. The van der Waals surface area contributed by atoms with Crippen molar-refractivity contribution in [3.63, 3.8) is 0 Å². The lowest BCUT2D eigenvalue weighted by Crippen LogP contribution is -2.27. The summed E-state index contributed by atoms with van der Waals surface area (Å²) < 4.78 is 2.24. The number of hydrogen-bond donors (Lipinski definition) is 1. The van der Waals surface area contributed by atoms with Crippen LogP contribution in [0.1, 0.15) is 61.6 Å². The van der Waals surface area contributed by atoms with E-state index in [1.807, 2.05) is 12.1 Å². The SMILES string of the molecule is Cc1ccc(C)c(Sc2c(CC(C)(C)C(=O)O)n(Cc3ccc(Cl)cc3Cl)c3ccc(C(C)C)cc23)c1. The first-order valence-electron chi connectivity index (χ1n) is 12.4. The zero-order chi connectivity index (χ0) is 27.1. The fourth-order valence-electron chi connectivity index (χ4n) is 4.47. The Labute approximate surface area is 233 Å². The van der Waals surface area contributed by atoms with Gasteiger partial charge in [0.1, 0.15) is 0 Å². The number of fused-ring (bicyclic) bond motifs is 1. The van der Waals surface area contributed by atoms with Crippen LogP contribution in [-0.4, -0.2) is 15.6 Å². The average molecular weight is 555 g/mol. The van der Waals surface area contributed by atoms with Gasteiger partial charge in [-0.1, -0.05) is 73.1 Å². The topological polar surface area (TPSA) is 42.2 Å². The van der Waals surface area contributed by atoms with Crippen LogP contribution in [0.4, 0.5) is 0 Å². The van der Waals surface area contributed by atoms with E-state index in [0.29, 0.717) is 28.9 Å². The number of carboxylic acids is 1. The first kappa shape index (κ1) is 27.6. The van der Waals surface area contributed by atoms with E-state index in [9.17, 15) is 9.90 Å². The Balaban J connectivity index is 2.01. The minimum atomic E-state index is -0.951. The number of hydrogen-bond acceptors (Lipinski definition) is 2. The molecule has 0 unspecified atom stereocenters. The predicted octanol–water partition coefficient (Wildman–Crippen LogP) is 9.54. The van der Waals surface area contributed by atoms with Gasteiger partial charge >= 0.3 is 5.97 Å². The highest BCUT2D eigenvalue weighted by Crippen LogP contribution is 2.43. The Morgan fingerprint density at radius 3 is 2.41 bits per heavy atom. The molecule has 0 spiro atoms. The summed E-state index contributed by atoms with van der Waals surface area (Å²) in [6.45, 7) is 12.7. The predicted molar refractivity (Wildman–Crippen MR) is 157 cm³/mol. The van der Waals surface area contributed by atoms with E-state index in [4.69, 9.17) is 23.2 Å². The molecule has 0 aliphatic heterocycles. The summed E-state index contributed by atoms with van der Waals surface area (Å²) in [6.07, 6.45) is 0.381. The van der Waals surface area contributed by atoms with Crippen LogP contribution in [-0.2, 0) is 17.8 Å². The molecule has 0 radical (unpaired) electrons. The van der Waals surface area contributed by atoms with Crippen LogP contribution >= 0.6 is 35.0 Å². The van der Waals surface area contributed by atoms with Gasteiger partial charge < -0.3 is 9.67 Å². The number of benzene rings is 3. The first-order chi connectivity index (χ1) is 17.4. The van der Waals surface area contributed by atoms with E-state index in [1.54, 1.807) is 31.7 Å². The van der Waals surface area contributed by atoms with Crippen molar-refractivity contribution >= 4 is 51.8 Å². The second-order valence-electron chi connectivity index (χ2n) is 10.8. The number of aliphatic carboxylic acids is 1. The van der Waals surface area contributed by atoms with Crippen LogP contribution in [0.15, 0.2) is 64.4 Å². The van der Waals surface area contributed by atoms with Crippen molar-refractivity contribution in [3.8, 4) is 0 Å². The zero-order valence-corrected chi connectivity index (χ0v) is 24.5. The molecule has 3 nitrogen and oxygen atoms in total. The number of rotatable bonds is 8. The fraction of sp³-hybridized carbons (Fsp3) is 0.323. The van der Waals surface area contributed by atoms with Crippen LogP contribution in [0.5, 0.6) is 0 Å². The van der Waals surface area contributed by atoms with Crippen molar-refractivity contribution < 1.29 is 9.90 Å². The van der Waals surface area contributed by atoms with E-state index in [-0.39, 0.29) is 0 Å². The summed E-state index contributed by atoms with van der Waals surface area (Å²) in [5, 5.41) is 12.4. The molecule has 1 heterocycles. The third-order valence-electron chi connectivity index (χ3n) is 6.90. The molecule has 4 aromatic rings. The Morgan fingerprint density at radius 1 is 1.03 bits per heavy atom. The number of aryl methyl sites for hydroxylation is 2. The lowest BCUT2D eigenvalue weighted by atomic mass is 9.88. The first-order valence-corrected chi connectivity index (χ1v) is 14.0. The maximum absolute atomic E-state index is 12.3. The zero-order valence-electron chi connectivity index (χ0n) is 22.2. The quantitative estimate of drug-likeness (QED) is 0.236. The highest BCUT2D eigenvalue weighted by atomic mass is 35.5. The molecule has 3 aromatic carbocycles. The minimum Gasteiger partial charge on any atom is -0.481 e. The van der Waals surface area contributed by atoms with E-state index in [2.05, 4.69) is 68.7 Å². The molecule has 0 amide bonds. The fourth-order valence-corrected chi connectivity index (χ4v) is 6.20. The smallest absolute Gasteiger partial charge is 0.309 e. The van der Waals surface area contributed by atoms with Gasteiger partial charge in [-0.3, -0.25) is 4.79 Å². The van der Waals surface area contributed by atoms with Crippen molar-refractivity contribution in [3.05, 3.63) is 92.6 Å². The Hall–Kier alpha value is -2.40. The normalized spacial score (nSPS) is 12.0. The molecular weight excluding hydrogens is 521 g/mol. The molecule has 0 saturated heterocycles. The monoisotopic (exact) mass is 553 g/mol. The summed E-state index contributed by atoms with van der Waals surface area (Å²) in [5.74, 6) is -0.449. The summed E-state index contributed by atoms with van der Waals surface area (Å²) in [7, 11) is 0. The minimum absolute atomic E-state index is 0.371. The van der Waals surface area contributed by atoms with Gasteiger partial charge in [-0.25, -0.2) is 0 Å². The van der Waals surface area contributed by atoms with E-state index >= 15 is 0 Å². The van der Waals surface area contributed by atoms with Crippen LogP contribution in [0.2, 0.25) is 10.0 Å². The molecule has 1 N–H and O–H groups in total. The largest absolute Gasteiger partial charge is 0.481 e. The number of halogens is 2. The average Bonchev–Trinajstić information content (AvgIpc) is 3.09. The molecule has 1 aromatic heterocycles. The Kier molecular flexibility index (Phi) is 8.04. The van der Waals surface area contributed by atoms with Gasteiger partial charge in [0.25, 0.3) is 0 Å². The van der Waals surface area contributed by atoms with E-state index in [0.717, 1.165) is 27.1 Å². The molecule has 37 heavy (non-hydrogen) atoms. The van der Waals surface area contributed by atoms with E-state index < -0.39 is 11.4 Å². The highest BCUT2D eigenvalue weighted by molar-refractivity contribution is 7.99. The molecule has 6 heteroatoms. The summed E-state index contributed by atoms with van der Waals surface area (Å²) in [4.78, 5) is 14.5. The third-order valence-corrected chi connectivity index (χ3v) is 8.80. The number of carbonyl (C=O) groups is 1. The van der Waals surface area contributed by atoms with Gasteiger partial charge in [-0.15, -0.1) is 0 Å². The van der Waals surface area contributed by atoms with Gasteiger partial charge in [-0.05, 0) is 86.2 Å². The Bertz CT molecular complexity index is 1490. The number of carboxylic acid groups (broad SMARTS) is 1. The second-order valence-corrected chi connectivity index (χ2v) is 12.7. The summed E-state index contributed by atoms with van der Waals surface area (Å²) >= 11 is 14.5. The van der Waals surface area contributed by atoms with Gasteiger partial charge in [0.05, 0.1) is 5.41 Å². The maximum atomic E-state index is 12.3. The molecule has 194 valence electrons.